The second-order valence-corrected chi connectivity index (χ2v) is 3.55. The average molecular weight is 199 g/mol. The number of esters is 1. The van der Waals surface area contributed by atoms with E-state index in [2.05, 4.69) is 6.07 Å². The van der Waals surface area contributed by atoms with Gasteiger partial charge in [-0.2, -0.15) is 5.26 Å². The van der Waals surface area contributed by atoms with Gasteiger partial charge < -0.3 is 4.74 Å². The van der Waals surface area contributed by atoms with Crippen LogP contribution in [0.3, 0.4) is 0 Å². The van der Waals surface area contributed by atoms with Crippen molar-refractivity contribution in [3.8, 4) is 6.07 Å². The van der Waals surface area contributed by atoms with Crippen LogP contribution in [-0.2, 0) is 15.1 Å². The maximum absolute atomic E-state index is 11.0. The van der Waals surface area contributed by atoms with Crippen molar-refractivity contribution in [1.82, 2.24) is 0 Å². The summed E-state index contributed by atoms with van der Waals surface area (Å²) >= 11 is 0. The lowest BCUT2D eigenvalue weighted by molar-refractivity contribution is -0.145. The van der Waals surface area contributed by atoms with Crippen LogP contribution in [0.25, 0.3) is 0 Å². The van der Waals surface area contributed by atoms with Gasteiger partial charge in [0.25, 0.3) is 0 Å². The van der Waals surface area contributed by atoms with Crippen LogP contribution in [0.5, 0.6) is 0 Å². The highest BCUT2D eigenvalue weighted by Gasteiger charge is 2.32. The quantitative estimate of drug-likeness (QED) is 0.649. The third-order valence-corrected chi connectivity index (χ3v) is 2.41. The Hall–Kier alpha value is -2.08. The smallest absolute Gasteiger partial charge is 0.331 e. The molecule has 3 nitrogen and oxygen atoms in total. The molecule has 0 saturated carbocycles. The van der Waals surface area contributed by atoms with Crippen molar-refractivity contribution in [2.45, 2.75) is 12.5 Å². The lowest BCUT2D eigenvalue weighted by Crippen LogP contribution is -2.20. The molecule has 0 saturated heterocycles. The van der Waals surface area contributed by atoms with Crippen molar-refractivity contribution in [2.75, 3.05) is 0 Å². The molecular formula is C12H9NO2. The fourth-order valence-electron chi connectivity index (χ4n) is 1.56. The molecule has 0 aliphatic carbocycles. The highest BCUT2D eigenvalue weighted by Crippen LogP contribution is 2.31. The molecule has 74 valence electrons. The first-order valence-electron chi connectivity index (χ1n) is 4.57. The van der Waals surface area contributed by atoms with Gasteiger partial charge in [-0.3, -0.25) is 0 Å². The zero-order valence-electron chi connectivity index (χ0n) is 8.23. The Bertz CT molecular complexity index is 485. The number of benzene rings is 1. The number of hydrogen-bond acceptors (Lipinski definition) is 3. The number of ether oxygens (including phenoxy) is 1. The standard InChI is InChI=1S/C12H9NO2/c1-12(6-5-11(14)15-12)10-4-2-3-9(7-10)8-13/h2-7H,1H3. The van der Waals surface area contributed by atoms with Gasteiger partial charge in [0.05, 0.1) is 11.6 Å². The first kappa shape index (κ1) is 9.47. The summed E-state index contributed by atoms with van der Waals surface area (Å²) in [6, 6.07) is 9.11. The van der Waals surface area contributed by atoms with E-state index in [1.165, 1.54) is 6.08 Å². The first-order chi connectivity index (χ1) is 7.14. The van der Waals surface area contributed by atoms with Gasteiger partial charge >= 0.3 is 5.97 Å². The molecule has 1 aromatic carbocycles. The highest BCUT2D eigenvalue weighted by atomic mass is 16.6. The predicted octanol–water partition coefficient (Wildman–Crippen LogP) is 1.89. The Labute approximate surface area is 87.6 Å². The maximum Gasteiger partial charge on any atom is 0.331 e. The van der Waals surface area contributed by atoms with E-state index >= 15 is 0 Å². The van der Waals surface area contributed by atoms with E-state index in [9.17, 15) is 4.79 Å². The van der Waals surface area contributed by atoms with Crippen LogP contribution in [0.15, 0.2) is 36.4 Å². The number of nitriles is 1. The Kier molecular flexibility index (Phi) is 2.05. The molecule has 1 atom stereocenters. The summed E-state index contributed by atoms with van der Waals surface area (Å²) in [6.45, 7) is 1.80. The Morgan fingerprint density at radius 2 is 2.27 bits per heavy atom. The minimum Gasteiger partial charge on any atom is -0.447 e. The number of nitrogens with zero attached hydrogens (tertiary/aromatic N) is 1. The Balaban J connectivity index is 2.42. The van der Waals surface area contributed by atoms with E-state index in [4.69, 9.17) is 10.00 Å². The lowest BCUT2D eigenvalue weighted by Gasteiger charge is -2.21. The molecule has 1 aliphatic heterocycles. The molecule has 0 aromatic heterocycles. The monoisotopic (exact) mass is 199 g/mol. The van der Waals surface area contributed by atoms with E-state index in [0.29, 0.717) is 5.56 Å². The SMILES string of the molecule is CC1(c2cccc(C#N)c2)C=CC(=O)O1. The van der Waals surface area contributed by atoms with Gasteiger partial charge in [-0.15, -0.1) is 0 Å². The Morgan fingerprint density at radius 3 is 2.87 bits per heavy atom. The zero-order valence-corrected chi connectivity index (χ0v) is 8.23. The molecule has 15 heavy (non-hydrogen) atoms. The van der Waals surface area contributed by atoms with Crippen LogP contribution in [0.4, 0.5) is 0 Å². The summed E-state index contributed by atoms with van der Waals surface area (Å²) in [6.07, 6.45) is 3.10. The van der Waals surface area contributed by atoms with E-state index < -0.39 is 5.60 Å². The van der Waals surface area contributed by atoms with Crippen molar-refractivity contribution < 1.29 is 9.53 Å². The fourth-order valence-corrected chi connectivity index (χ4v) is 1.56. The zero-order chi connectivity index (χ0) is 10.9. The molecule has 0 N–H and O–H groups in total. The number of rotatable bonds is 1. The average Bonchev–Trinajstić information content (AvgIpc) is 2.60. The molecular weight excluding hydrogens is 190 g/mol. The highest BCUT2D eigenvalue weighted by molar-refractivity contribution is 5.85. The molecule has 1 unspecified atom stereocenters. The van der Waals surface area contributed by atoms with Crippen molar-refractivity contribution in [1.29, 1.82) is 5.26 Å². The van der Waals surface area contributed by atoms with Crippen molar-refractivity contribution in [3.63, 3.8) is 0 Å². The van der Waals surface area contributed by atoms with E-state index in [1.54, 1.807) is 31.2 Å². The van der Waals surface area contributed by atoms with Crippen LogP contribution >= 0.6 is 0 Å². The minimum absolute atomic E-state index is 0.347. The molecule has 0 fully saturated rings. The van der Waals surface area contributed by atoms with Crippen molar-refractivity contribution >= 4 is 5.97 Å². The molecule has 0 radical (unpaired) electrons. The van der Waals surface area contributed by atoms with Crippen LogP contribution < -0.4 is 0 Å². The molecule has 1 heterocycles. The van der Waals surface area contributed by atoms with Gasteiger partial charge in [0.15, 0.2) is 5.60 Å². The molecule has 1 aliphatic rings. The first-order valence-corrected chi connectivity index (χ1v) is 4.57. The molecule has 0 bridgehead atoms. The third kappa shape index (κ3) is 1.62. The molecule has 3 heteroatoms. The molecule has 2 rings (SSSR count). The maximum atomic E-state index is 11.0. The van der Waals surface area contributed by atoms with E-state index in [0.717, 1.165) is 5.56 Å². The number of cyclic esters (lactones) is 1. The van der Waals surface area contributed by atoms with Crippen molar-refractivity contribution in [3.05, 3.63) is 47.5 Å². The second-order valence-electron chi connectivity index (χ2n) is 3.55. The molecule has 1 aromatic rings. The number of carbonyl (C=O) groups excluding carboxylic acids is 1. The summed E-state index contributed by atoms with van der Waals surface area (Å²) in [7, 11) is 0. The normalized spacial score (nSPS) is 23.6. The van der Waals surface area contributed by atoms with Gasteiger partial charge in [0.1, 0.15) is 0 Å². The van der Waals surface area contributed by atoms with E-state index in [1.807, 2.05) is 6.07 Å². The number of hydrogen-bond donors (Lipinski definition) is 0. The Morgan fingerprint density at radius 1 is 1.47 bits per heavy atom. The largest absolute Gasteiger partial charge is 0.447 e. The van der Waals surface area contributed by atoms with Gasteiger partial charge in [-0.25, -0.2) is 4.79 Å². The summed E-state index contributed by atoms with van der Waals surface area (Å²) in [4.78, 5) is 11.0. The topological polar surface area (TPSA) is 50.1 Å². The molecule has 0 amide bonds. The summed E-state index contributed by atoms with van der Waals surface area (Å²) in [5.74, 6) is -0.347. The minimum atomic E-state index is -0.732. The van der Waals surface area contributed by atoms with Crippen molar-refractivity contribution in [2.24, 2.45) is 0 Å². The van der Waals surface area contributed by atoms with Crippen LogP contribution in [0.2, 0.25) is 0 Å². The van der Waals surface area contributed by atoms with Crippen LogP contribution in [-0.4, -0.2) is 5.97 Å². The van der Waals surface area contributed by atoms with E-state index in [-0.39, 0.29) is 5.97 Å². The predicted molar refractivity (Wildman–Crippen MR) is 53.7 cm³/mol. The van der Waals surface area contributed by atoms with Gasteiger partial charge in [-0.1, -0.05) is 12.1 Å². The molecule has 0 spiro atoms. The van der Waals surface area contributed by atoms with Gasteiger partial charge in [-0.05, 0) is 25.1 Å². The number of carbonyl (C=O) groups is 1. The summed E-state index contributed by atoms with van der Waals surface area (Å²) in [5.41, 5.74) is 0.637. The van der Waals surface area contributed by atoms with Gasteiger partial charge in [0, 0.05) is 11.6 Å². The summed E-state index contributed by atoms with van der Waals surface area (Å²) in [5, 5.41) is 8.77. The second kappa shape index (κ2) is 3.25. The van der Waals surface area contributed by atoms with Crippen LogP contribution in [0, 0.1) is 11.3 Å². The van der Waals surface area contributed by atoms with Gasteiger partial charge in [0.2, 0.25) is 0 Å². The third-order valence-electron chi connectivity index (χ3n) is 2.41. The van der Waals surface area contributed by atoms with Crippen LogP contribution in [0.1, 0.15) is 18.1 Å². The fraction of sp³-hybridized carbons (Fsp3) is 0.167. The lowest BCUT2D eigenvalue weighted by atomic mass is 9.95. The summed E-state index contributed by atoms with van der Waals surface area (Å²) < 4.78 is 5.17.